The lowest BCUT2D eigenvalue weighted by Crippen LogP contribution is -2.41. The molecular formula is C30H37NO3. The summed E-state index contributed by atoms with van der Waals surface area (Å²) in [6.07, 6.45) is 6.59. The zero-order valence-corrected chi connectivity index (χ0v) is 20.4. The number of ether oxygens (including phenoxy) is 2. The van der Waals surface area contributed by atoms with Crippen molar-refractivity contribution in [2.24, 2.45) is 0 Å². The Hall–Kier alpha value is -2.82. The van der Waals surface area contributed by atoms with Crippen LogP contribution in [0.4, 0.5) is 0 Å². The lowest BCUT2D eigenvalue weighted by Gasteiger charge is -2.37. The van der Waals surface area contributed by atoms with Gasteiger partial charge in [0.1, 0.15) is 11.5 Å². The van der Waals surface area contributed by atoms with Crippen molar-refractivity contribution in [3.8, 4) is 11.5 Å². The summed E-state index contributed by atoms with van der Waals surface area (Å²) in [5.41, 5.74) is 3.88. The van der Waals surface area contributed by atoms with E-state index in [4.69, 9.17) is 9.47 Å². The topological polar surface area (TPSA) is 41.9 Å². The lowest BCUT2D eigenvalue weighted by atomic mass is 9.99. The van der Waals surface area contributed by atoms with Crippen LogP contribution in [0, 0.1) is 0 Å². The van der Waals surface area contributed by atoms with Crippen LogP contribution in [0.25, 0.3) is 0 Å². The number of nitrogens with zero attached hydrogens (tertiary/aromatic N) is 1. The van der Waals surface area contributed by atoms with E-state index in [1.54, 1.807) is 14.2 Å². The van der Waals surface area contributed by atoms with Gasteiger partial charge in [-0.05, 0) is 79.5 Å². The maximum absolute atomic E-state index is 10.5. The number of aryl methyl sites for hydroxylation is 2. The van der Waals surface area contributed by atoms with E-state index in [0.717, 1.165) is 37.2 Å². The minimum absolute atomic E-state index is 0.0328. The first kappa shape index (κ1) is 24.3. The molecule has 34 heavy (non-hydrogen) atoms. The number of rotatable bonds is 11. The molecule has 3 aromatic carbocycles. The molecule has 4 rings (SSSR count). The summed E-state index contributed by atoms with van der Waals surface area (Å²) in [6, 6.07) is 28.3. The van der Waals surface area contributed by atoms with Gasteiger partial charge in [-0.1, -0.05) is 54.6 Å². The van der Waals surface area contributed by atoms with Gasteiger partial charge in [0, 0.05) is 12.1 Å². The Morgan fingerprint density at radius 2 is 1.21 bits per heavy atom. The Labute approximate surface area is 204 Å². The summed E-state index contributed by atoms with van der Waals surface area (Å²) >= 11 is 0. The van der Waals surface area contributed by atoms with E-state index in [1.807, 2.05) is 30.3 Å². The van der Waals surface area contributed by atoms with Gasteiger partial charge in [0.25, 0.3) is 0 Å². The van der Waals surface area contributed by atoms with Crippen LogP contribution >= 0.6 is 0 Å². The van der Waals surface area contributed by atoms with E-state index in [1.165, 1.54) is 29.5 Å². The van der Waals surface area contributed by atoms with Gasteiger partial charge in [-0.25, -0.2) is 0 Å². The highest BCUT2D eigenvalue weighted by atomic mass is 16.5. The number of methoxy groups -OCH3 is 2. The third kappa shape index (κ3) is 5.99. The summed E-state index contributed by atoms with van der Waals surface area (Å²) in [5, 5.41) is 10.5. The van der Waals surface area contributed by atoms with Gasteiger partial charge >= 0.3 is 0 Å². The van der Waals surface area contributed by atoms with Crippen LogP contribution in [0.2, 0.25) is 0 Å². The molecule has 1 fully saturated rings. The zero-order chi connectivity index (χ0) is 23.8. The number of aliphatic hydroxyl groups excluding tert-OH is 1. The molecule has 180 valence electrons. The molecule has 4 nitrogen and oxygen atoms in total. The Bertz CT molecular complexity index is 928. The fourth-order valence-corrected chi connectivity index (χ4v) is 5.37. The first-order chi connectivity index (χ1) is 16.7. The molecule has 0 aliphatic carbocycles. The number of aliphatic hydroxyl groups is 1. The average molecular weight is 460 g/mol. The first-order valence-corrected chi connectivity index (χ1v) is 12.4. The van der Waals surface area contributed by atoms with Crippen LogP contribution in [0.1, 0.15) is 48.4 Å². The maximum atomic E-state index is 10.5. The molecule has 0 bridgehead atoms. The number of hydrogen-bond donors (Lipinski definition) is 1. The van der Waals surface area contributed by atoms with Crippen molar-refractivity contribution in [2.75, 3.05) is 20.8 Å². The number of hydrogen-bond acceptors (Lipinski definition) is 4. The molecule has 1 saturated heterocycles. The minimum Gasteiger partial charge on any atom is -0.497 e. The molecule has 4 heteroatoms. The van der Waals surface area contributed by atoms with Gasteiger partial charge in [-0.15, -0.1) is 0 Å². The molecule has 3 aromatic rings. The van der Waals surface area contributed by atoms with E-state index >= 15 is 0 Å². The van der Waals surface area contributed by atoms with Crippen molar-refractivity contribution in [1.82, 2.24) is 4.90 Å². The highest BCUT2D eigenvalue weighted by Crippen LogP contribution is 2.37. The van der Waals surface area contributed by atoms with Gasteiger partial charge in [0.2, 0.25) is 0 Å². The van der Waals surface area contributed by atoms with E-state index in [9.17, 15) is 5.11 Å². The second-order valence-corrected chi connectivity index (χ2v) is 9.21. The molecule has 3 atom stereocenters. The van der Waals surface area contributed by atoms with Crippen molar-refractivity contribution in [1.29, 1.82) is 0 Å². The molecule has 1 aliphatic heterocycles. The second kappa shape index (κ2) is 12.0. The van der Waals surface area contributed by atoms with Crippen LogP contribution in [0.5, 0.6) is 11.5 Å². The van der Waals surface area contributed by atoms with Crippen LogP contribution in [0.3, 0.4) is 0 Å². The second-order valence-electron chi connectivity index (χ2n) is 9.21. The Morgan fingerprint density at radius 1 is 0.735 bits per heavy atom. The molecular weight excluding hydrogens is 422 g/mol. The van der Waals surface area contributed by atoms with Gasteiger partial charge in [0.15, 0.2) is 0 Å². The van der Waals surface area contributed by atoms with Crippen molar-refractivity contribution in [3.05, 3.63) is 95.6 Å². The quantitative estimate of drug-likeness (QED) is 0.391. The van der Waals surface area contributed by atoms with Crippen molar-refractivity contribution in [3.63, 3.8) is 0 Å². The Morgan fingerprint density at radius 3 is 1.62 bits per heavy atom. The Kier molecular flexibility index (Phi) is 8.62. The number of likely N-dealkylation sites (tertiary alicyclic amines) is 1. The lowest BCUT2D eigenvalue weighted by molar-refractivity contribution is 0.0707. The van der Waals surface area contributed by atoms with E-state index in [0.29, 0.717) is 12.1 Å². The standard InChI is InChI=1S/C30H37NO3/c1-33-28-18-10-23(11-19-28)8-14-26-16-17-27(15-9-24-12-20-29(34-2)21-13-24)31(26)30(22-32)25-6-4-3-5-7-25/h3-7,10-13,18-21,26-27,30,32H,8-9,14-17,22H2,1-2H3/t26-,27+,30-/m0/s1. The number of benzene rings is 3. The molecule has 1 N–H and O–H groups in total. The van der Waals surface area contributed by atoms with Crippen LogP contribution in [-0.2, 0) is 12.8 Å². The van der Waals surface area contributed by atoms with E-state index in [-0.39, 0.29) is 12.6 Å². The van der Waals surface area contributed by atoms with Crippen LogP contribution < -0.4 is 9.47 Å². The Balaban J connectivity index is 1.48. The summed E-state index contributed by atoms with van der Waals surface area (Å²) in [5.74, 6) is 1.79. The SMILES string of the molecule is COc1ccc(CC[C@@H]2CC[C@H](CCc3ccc(OC)cc3)N2[C@@H](CO)c2ccccc2)cc1. The van der Waals surface area contributed by atoms with E-state index < -0.39 is 0 Å². The summed E-state index contributed by atoms with van der Waals surface area (Å²) in [4.78, 5) is 2.63. The predicted octanol–water partition coefficient (Wildman–Crippen LogP) is 5.84. The van der Waals surface area contributed by atoms with Crippen LogP contribution in [-0.4, -0.2) is 42.9 Å². The monoisotopic (exact) mass is 459 g/mol. The molecule has 0 amide bonds. The highest BCUT2D eigenvalue weighted by Gasteiger charge is 2.37. The van der Waals surface area contributed by atoms with Crippen LogP contribution in [0.15, 0.2) is 78.9 Å². The van der Waals surface area contributed by atoms with Gasteiger partial charge in [-0.3, -0.25) is 4.90 Å². The molecule has 1 aliphatic rings. The fraction of sp³-hybridized carbons (Fsp3) is 0.400. The average Bonchev–Trinajstić information content (AvgIpc) is 3.30. The summed E-state index contributed by atoms with van der Waals surface area (Å²) in [7, 11) is 3.41. The predicted molar refractivity (Wildman–Crippen MR) is 138 cm³/mol. The van der Waals surface area contributed by atoms with Gasteiger partial charge in [0.05, 0.1) is 26.9 Å². The van der Waals surface area contributed by atoms with Crippen molar-refractivity contribution < 1.29 is 14.6 Å². The normalized spacial score (nSPS) is 19.1. The highest BCUT2D eigenvalue weighted by molar-refractivity contribution is 5.28. The third-order valence-electron chi connectivity index (χ3n) is 7.24. The fourth-order valence-electron chi connectivity index (χ4n) is 5.37. The maximum Gasteiger partial charge on any atom is 0.118 e. The van der Waals surface area contributed by atoms with Crippen molar-refractivity contribution >= 4 is 0 Å². The van der Waals surface area contributed by atoms with Gasteiger partial charge in [-0.2, -0.15) is 0 Å². The molecule has 0 radical (unpaired) electrons. The third-order valence-corrected chi connectivity index (χ3v) is 7.24. The molecule has 1 heterocycles. The summed E-state index contributed by atoms with van der Waals surface area (Å²) in [6.45, 7) is 0.141. The zero-order valence-electron chi connectivity index (χ0n) is 20.4. The first-order valence-electron chi connectivity index (χ1n) is 12.4. The molecule has 0 saturated carbocycles. The molecule has 0 unspecified atom stereocenters. The van der Waals surface area contributed by atoms with E-state index in [2.05, 4.69) is 53.4 Å². The van der Waals surface area contributed by atoms with Gasteiger partial charge < -0.3 is 14.6 Å². The summed E-state index contributed by atoms with van der Waals surface area (Å²) < 4.78 is 10.6. The van der Waals surface area contributed by atoms with Crippen molar-refractivity contribution in [2.45, 2.75) is 56.7 Å². The minimum atomic E-state index is 0.0328. The molecule has 0 aromatic heterocycles. The molecule has 0 spiro atoms. The largest absolute Gasteiger partial charge is 0.497 e. The smallest absolute Gasteiger partial charge is 0.118 e.